The van der Waals surface area contributed by atoms with Gasteiger partial charge in [-0.25, -0.2) is 14.5 Å². The van der Waals surface area contributed by atoms with Crippen molar-refractivity contribution in [3.63, 3.8) is 0 Å². The minimum absolute atomic E-state index is 0.118. The van der Waals surface area contributed by atoms with Crippen molar-refractivity contribution in [3.8, 4) is 11.1 Å². The molecule has 4 aromatic heterocycles. The molecule has 0 spiro atoms. The molecule has 0 atom stereocenters. The molecule has 0 aromatic carbocycles. The number of pyridine rings is 1. The standard InChI is InChI=1S/C23H23N5O/c1-2-21-24-13-18-17(12-25-23(18)27-21)16-9-10-28-20(11-16)19(14-26-28)22(29)15-7-5-3-4-6-8-15/h2,9-15H,1,3-8H2,(H,24,25,27). The number of nitrogens with one attached hydrogen (secondary N) is 1. The number of hydrogen-bond donors (Lipinski definition) is 1. The van der Waals surface area contributed by atoms with E-state index in [0.29, 0.717) is 5.82 Å². The predicted octanol–water partition coefficient (Wildman–Crippen LogP) is 5.07. The molecule has 0 amide bonds. The zero-order valence-electron chi connectivity index (χ0n) is 16.3. The zero-order valence-corrected chi connectivity index (χ0v) is 16.3. The van der Waals surface area contributed by atoms with E-state index in [-0.39, 0.29) is 11.7 Å². The molecule has 0 unspecified atom stereocenters. The Morgan fingerprint density at radius 2 is 2.03 bits per heavy atom. The van der Waals surface area contributed by atoms with E-state index in [1.54, 1.807) is 16.8 Å². The largest absolute Gasteiger partial charge is 0.345 e. The predicted molar refractivity (Wildman–Crippen MR) is 114 cm³/mol. The van der Waals surface area contributed by atoms with E-state index in [1.807, 2.05) is 30.7 Å². The maximum absolute atomic E-state index is 13.2. The zero-order chi connectivity index (χ0) is 19.8. The topological polar surface area (TPSA) is 75.9 Å². The van der Waals surface area contributed by atoms with Gasteiger partial charge in [0.15, 0.2) is 11.6 Å². The summed E-state index contributed by atoms with van der Waals surface area (Å²) >= 11 is 0. The maximum Gasteiger partial charge on any atom is 0.169 e. The number of nitrogens with zero attached hydrogens (tertiary/aromatic N) is 4. The van der Waals surface area contributed by atoms with E-state index in [1.165, 1.54) is 12.8 Å². The van der Waals surface area contributed by atoms with Crippen molar-refractivity contribution in [3.05, 3.63) is 54.9 Å². The van der Waals surface area contributed by atoms with Crippen molar-refractivity contribution in [1.82, 2.24) is 24.6 Å². The second-order valence-corrected chi connectivity index (χ2v) is 7.75. The van der Waals surface area contributed by atoms with Crippen molar-refractivity contribution in [2.45, 2.75) is 38.5 Å². The average molecular weight is 385 g/mol. The minimum atomic E-state index is 0.118. The highest BCUT2D eigenvalue weighted by atomic mass is 16.1. The van der Waals surface area contributed by atoms with Gasteiger partial charge in [0.1, 0.15) is 5.65 Å². The first-order valence-electron chi connectivity index (χ1n) is 10.2. The molecule has 1 saturated carbocycles. The van der Waals surface area contributed by atoms with Crippen LogP contribution in [0.5, 0.6) is 0 Å². The maximum atomic E-state index is 13.2. The van der Waals surface area contributed by atoms with E-state index < -0.39 is 0 Å². The molecule has 6 nitrogen and oxygen atoms in total. The molecule has 0 saturated heterocycles. The summed E-state index contributed by atoms with van der Waals surface area (Å²) in [6.45, 7) is 3.72. The van der Waals surface area contributed by atoms with Gasteiger partial charge in [0.2, 0.25) is 0 Å². The first-order chi connectivity index (χ1) is 14.2. The lowest BCUT2D eigenvalue weighted by Crippen LogP contribution is -2.13. The molecule has 0 bridgehead atoms. The lowest BCUT2D eigenvalue weighted by Gasteiger charge is -2.11. The molecule has 1 fully saturated rings. The van der Waals surface area contributed by atoms with Crippen molar-refractivity contribution < 1.29 is 4.79 Å². The summed E-state index contributed by atoms with van der Waals surface area (Å²) in [5.74, 6) is 0.943. The summed E-state index contributed by atoms with van der Waals surface area (Å²) in [5, 5.41) is 5.36. The van der Waals surface area contributed by atoms with Crippen LogP contribution < -0.4 is 0 Å². The van der Waals surface area contributed by atoms with Gasteiger partial charge in [-0.1, -0.05) is 32.3 Å². The van der Waals surface area contributed by atoms with Gasteiger partial charge in [-0.05, 0) is 36.6 Å². The molecule has 6 heteroatoms. The molecule has 4 aromatic rings. The number of hydrogen-bond acceptors (Lipinski definition) is 4. The number of ketones is 1. The van der Waals surface area contributed by atoms with E-state index >= 15 is 0 Å². The highest BCUT2D eigenvalue weighted by molar-refractivity contribution is 6.04. The van der Waals surface area contributed by atoms with Crippen LogP contribution in [0.2, 0.25) is 0 Å². The number of H-pyrrole nitrogens is 1. The summed E-state index contributed by atoms with van der Waals surface area (Å²) in [6, 6.07) is 4.05. The van der Waals surface area contributed by atoms with Crippen molar-refractivity contribution >= 4 is 28.4 Å². The fourth-order valence-corrected chi connectivity index (χ4v) is 4.36. The molecular weight excluding hydrogens is 362 g/mol. The molecule has 4 heterocycles. The monoisotopic (exact) mass is 385 g/mol. The summed E-state index contributed by atoms with van der Waals surface area (Å²) < 4.78 is 1.79. The third-order valence-corrected chi connectivity index (χ3v) is 5.96. The minimum Gasteiger partial charge on any atom is -0.345 e. The van der Waals surface area contributed by atoms with Crippen LogP contribution >= 0.6 is 0 Å². The van der Waals surface area contributed by atoms with E-state index in [0.717, 1.165) is 58.9 Å². The summed E-state index contributed by atoms with van der Waals surface area (Å²) in [7, 11) is 0. The molecule has 0 aliphatic heterocycles. The number of rotatable bonds is 4. The highest BCUT2D eigenvalue weighted by Gasteiger charge is 2.24. The Morgan fingerprint density at radius 1 is 1.21 bits per heavy atom. The normalized spacial score (nSPS) is 15.6. The number of aromatic nitrogens is 5. The molecule has 0 radical (unpaired) electrons. The second-order valence-electron chi connectivity index (χ2n) is 7.75. The molecule has 29 heavy (non-hydrogen) atoms. The molecular formula is C23H23N5O. The first kappa shape index (κ1) is 17.8. The Bertz CT molecular complexity index is 1210. The molecule has 1 N–H and O–H groups in total. The van der Waals surface area contributed by atoms with Gasteiger partial charge in [0.25, 0.3) is 0 Å². The average Bonchev–Trinajstić information content (AvgIpc) is 3.26. The fraction of sp³-hybridized carbons (Fsp3) is 0.304. The van der Waals surface area contributed by atoms with E-state index in [9.17, 15) is 4.79 Å². The van der Waals surface area contributed by atoms with Gasteiger partial charge in [0, 0.05) is 35.5 Å². The third-order valence-electron chi connectivity index (χ3n) is 5.96. The smallest absolute Gasteiger partial charge is 0.169 e. The van der Waals surface area contributed by atoms with Crippen LogP contribution in [0.25, 0.3) is 33.8 Å². The van der Waals surface area contributed by atoms with Crippen LogP contribution in [0.4, 0.5) is 0 Å². The molecule has 1 aliphatic rings. The Hall–Kier alpha value is -3.28. The third kappa shape index (κ3) is 3.14. The van der Waals surface area contributed by atoms with Gasteiger partial charge in [-0.3, -0.25) is 4.79 Å². The van der Waals surface area contributed by atoms with Crippen molar-refractivity contribution in [1.29, 1.82) is 0 Å². The lowest BCUT2D eigenvalue weighted by molar-refractivity contribution is 0.0909. The van der Waals surface area contributed by atoms with Gasteiger partial charge in [0.05, 0.1) is 17.3 Å². The van der Waals surface area contributed by atoms with Gasteiger partial charge in [-0.2, -0.15) is 5.10 Å². The fourth-order valence-electron chi connectivity index (χ4n) is 4.36. The Kier molecular flexibility index (Phi) is 4.46. The van der Waals surface area contributed by atoms with Crippen molar-refractivity contribution in [2.75, 3.05) is 0 Å². The molecule has 1 aliphatic carbocycles. The number of Topliss-reactive ketones (excluding diaryl/α,β-unsaturated/α-hetero) is 1. The van der Waals surface area contributed by atoms with E-state index in [4.69, 9.17) is 0 Å². The van der Waals surface area contributed by atoms with Crippen LogP contribution in [-0.2, 0) is 0 Å². The summed E-state index contributed by atoms with van der Waals surface area (Å²) in [4.78, 5) is 25.2. The Morgan fingerprint density at radius 3 is 2.83 bits per heavy atom. The quantitative estimate of drug-likeness (QED) is 0.393. The van der Waals surface area contributed by atoms with Gasteiger partial charge >= 0.3 is 0 Å². The van der Waals surface area contributed by atoms with Crippen LogP contribution in [-0.4, -0.2) is 30.3 Å². The number of carbonyl (C=O) groups excluding carboxylic acids is 1. The number of carbonyl (C=O) groups is 1. The Balaban J connectivity index is 1.56. The van der Waals surface area contributed by atoms with Crippen LogP contribution in [0, 0.1) is 5.92 Å². The first-order valence-corrected chi connectivity index (χ1v) is 10.2. The van der Waals surface area contributed by atoms with Crippen molar-refractivity contribution in [2.24, 2.45) is 5.92 Å². The van der Waals surface area contributed by atoms with Crippen LogP contribution in [0.3, 0.4) is 0 Å². The summed E-state index contributed by atoms with van der Waals surface area (Å²) in [6.07, 6.45) is 15.7. The highest BCUT2D eigenvalue weighted by Crippen LogP contribution is 2.31. The number of fused-ring (bicyclic) bond motifs is 2. The second kappa shape index (κ2) is 7.28. The van der Waals surface area contributed by atoms with Crippen LogP contribution in [0.1, 0.15) is 54.7 Å². The SMILES string of the molecule is C=Cc1ncc2c(-c3ccn4ncc(C(=O)C5CCCCCC5)c4c3)c[nH]c2n1. The molecule has 146 valence electrons. The Labute approximate surface area is 168 Å². The lowest BCUT2D eigenvalue weighted by atomic mass is 9.91. The van der Waals surface area contributed by atoms with E-state index in [2.05, 4.69) is 26.6 Å². The molecule has 5 rings (SSSR count). The van der Waals surface area contributed by atoms with Gasteiger partial charge in [-0.15, -0.1) is 0 Å². The number of aromatic amines is 1. The van der Waals surface area contributed by atoms with Crippen LogP contribution in [0.15, 0.2) is 43.5 Å². The van der Waals surface area contributed by atoms with Gasteiger partial charge < -0.3 is 4.98 Å². The summed E-state index contributed by atoms with van der Waals surface area (Å²) in [5.41, 5.74) is 4.37.